The van der Waals surface area contributed by atoms with E-state index in [1.165, 1.54) is 5.56 Å². The molecule has 1 aromatic carbocycles. The number of nitriles is 1. The van der Waals surface area contributed by atoms with E-state index < -0.39 is 0 Å². The standard InChI is InChI=1S/C13H18N2S/c1-3-16-9-8-12(10-14)15-13-7-5-4-6-11(13)2/h4-7,12,15H,3,8-9H2,1-2H3. The van der Waals surface area contributed by atoms with Crippen molar-refractivity contribution in [1.82, 2.24) is 0 Å². The average Bonchev–Trinajstić information content (AvgIpc) is 2.30. The number of nitrogens with one attached hydrogen (secondary N) is 1. The zero-order chi connectivity index (χ0) is 11.8. The Labute approximate surface area is 102 Å². The van der Waals surface area contributed by atoms with Crippen LogP contribution in [0.4, 0.5) is 5.69 Å². The molecule has 0 aromatic heterocycles. The Morgan fingerprint density at radius 2 is 2.19 bits per heavy atom. The molecule has 0 saturated carbocycles. The molecule has 86 valence electrons. The van der Waals surface area contributed by atoms with Gasteiger partial charge in [-0.05, 0) is 36.5 Å². The summed E-state index contributed by atoms with van der Waals surface area (Å²) >= 11 is 1.88. The summed E-state index contributed by atoms with van der Waals surface area (Å²) in [5, 5.41) is 12.3. The van der Waals surface area contributed by atoms with Crippen molar-refractivity contribution in [2.24, 2.45) is 0 Å². The Hall–Kier alpha value is -1.14. The van der Waals surface area contributed by atoms with Crippen LogP contribution in [0.2, 0.25) is 0 Å². The minimum Gasteiger partial charge on any atom is -0.370 e. The molecule has 3 heteroatoms. The van der Waals surface area contributed by atoms with Crippen molar-refractivity contribution in [1.29, 1.82) is 5.26 Å². The van der Waals surface area contributed by atoms with Crippen LogP contribution in [0.3, 0.4) is 0 Å². The van der Waals surface area contributed by atoms with Crippen molar-refractivity contribution in [3.05, 3.63) is 29.8 Å². The highest BCUT2D eigenvalue weighted by Gasteiger charge is 2.07. The quantitative estimate of drug-likeness (QED) is 0.766. The molecule has 1 rings (SSSR count). The van der Waals surface area contributed by atoms with Crippen LogP contribution in [0.5, 0.6) is 0 Å². The maximum atomic E-state index is 9.06. The van der Waals surface area contributed by atoms with Gasteiger partial charge in [0, 0.05) is 5.69 Å². The number of rotatable bonds is 6. The van der Waals surface area contributed by atoms with Crippen LogP contribution >= 0.6 is 11.8 Å². The minimum atomic E-state index is -0.0832. The second-order valence-corrected chi connectivity index (χ2v) is 5.02. The molecular weight excluding hydrogens is 216 g/mol. The van der Waals surface area contributed by atoms with Gasteiger partial charge in [-0.15, -0.1) is 0 Å². The third-order valence-electron chi connectivity index (χ3n) is 2.39. The predicted octanol–water partition coefficient (Wildman–Crippen LogP) is 3.44. The molecule has 0 fully saturated rings. The van der Waals surface area contributed by atoms with Crippen LogP contribution in [-0.2, 0) is 0 Å². The van der Waals surface area contributed by atoms with E-state index in [0.29, 0.717) is 0 Å². The lowest BCUT2D eigenvalue weighted by molar-refractivity contribution is 0.853. The lowest BCUT2D eigenvalue weighted by atomic mass is 10.1. The van der Waals surface area contributed by atoms with Gasteiger partial charge in [0.2, 0.25) is 0 Å². The van der Waals surface area contributed by atoms with Gasteiger partial charge in [-0.3, -0.25) is 0 Å². The Morgan fingerprint density at radius 1 is 1.44 bits per heavy atom. The molecule has 0 saturated heterocycles. The summed E-state index contributed by atoms with van der Waals surface area (Å²) in [6, 6.07) is 10.3. The molecule has 2 nitrogen and oxygen atoms in total. The van der Waals surface area contributed by atoms with Gasteiger partial charge >= 0.3 is 0 Å². The highest BCUT2D eigenvalue weighted by molar-refractivity contribution is 7.99. The summed E-state index contributed by atoms with van der Waals surface area (Å²) in [5.41, 5.74) is 2.25. The van der Waals surface area contributed by atoms with Crippen LogP contribution in [0.25, 0.3) is 0 Å². The molecule has 1 N–H and O–H groups in total. The van der Waals surface area contributed by atoms with E-state index in [1.807, 2.05) is 30.0 Å². The summed E-state index contributed by atoms with van der Waals surface area (Å²) < 4.78 is 0. The monoisotopic (exact) mass is 234 g/mol. The molecule has 0 aliphatic carbocycles. The SMILES string of the molecule is CCSCCC(C#N)Nc1ccccc1C. The molecule has 0 bridgehead atoms. The molecule has 0 heterocycles. The van der Waals surface area contributed by atoms with E-state index in [-0.39, 0.29) is 6.04 Å². The van der Waals surface area contributed by atoms with Gasteiger partial charge < -0.3 is 5.32 Å². The van der Waals surface area contributed by atoms with Crippen LogP contribution in [0.1, 0.15) is 18.9 Å². The van der Waals surface area contributed by atoms with E-state index in [2.05, 4.69) is 31.3 Å². The third kappa shape index (κ3) is 4.16. The van der Waals surface area contributed by atoms with Crippen LogP contribution in [0, 0.1) is 18.3 Å². The fourth-order valence-corrected chi connectivity index (χ4v) is 2.13. The molecule has 16 heavy (non-hydrogen) atoms. The van der Waals surface area contributed by atoms with Crippen LogP contribution in [0.15, 0.2) is 24.3 Å². The molecule has 1 aromatic rings. The fourth-order valence-electron chi connectivity index (χ4n) is 1.44. The molecule has 0 amide bonds. The van der Waals surface area contributed by atoms with Crippen LogP contribution < -0.4 is 5.32 Å². The number of hydrogen-bond acceptors (Lipinski definition) is 3. The zero-order valence-electron chi connectivity index (χ0n) is 9.86. The summed E-state index contributed by atoms with van der Waals surface area (Å²) in [4.78, 5) is 0. The molecule has 0 aliphatic rings. The largest absolute Gasteiger partial charge is 0.370 e. The normalized spacial score (nSPS) is 11.8. The molecule has 0 radical (unpaired) electrons. The Morgan fingerprint density at radius 3 is 2.81 bits per heavy atom. The Bertz CT molecular complexity index is 357. The van der Waals surface area contributed by atoms with Gasteiger partial charge in [-0.1, -0.05) is 25.1 Å². The van der Waals surface area contributed by atoms with Crippen molar-refractivity contribution in [2.45, 2.75) is 26.3 Å². The lowest BCUT2D eigenvalue weighted by Crippen LogP contribution is -2.18. The number of anilines is 1. The maximum Gasteiger partial charge on any atom is 0.115 e. The van der Waals surface area contributed by atoms with Gasteiger partial charge in [-0.2, -0.15) is 17.0 Å². The van der Waals surface area contributed by atoms with Crippen LogP contribution in [-0.4, -0.2) is 17.5 Å². The first-order valence-electron chi connectivity index (χ1n) is 5.57. The van der Waals surface area contributed by atoms with E-state index >= 15 is 0 Å². The second-order valence-electron chi connectivity index (χ2n) is 3.63. The number of nitrogens with zero attached hydrogens (tertiary/aromatic N) is 1. The molecule has 1 unspecified atom stereocenters. The first-order valence-corrected chi connectivity index (χ1v) is 6.73. The van der Waals surface area contributed by atoms with Crippen molar-refractivity contribution >= 4 is 17.4 Å². The van der Waals surface area contributed by atoms with Gasteiger partial charge in [0.15, 0.2) is 0 Å². The first kappa shape index (κ1) is 12.9. The number of aryl methyl sites for hydroxylation is 1. The highest BCUT2D eigenvalue weighted by atomic mass is 32.2. The van der Waals surface area contributed by atoms with E-state index in [1.54, 1.807) is 0 Å². The average molecular weight is 234 g/mol. The number of para-hydroxylation sites is 1. The first-order chi connectivity index (χ1) is 7.77. The van der Waals surface area contributed by atoms with E-state index in [9.17, 15) is 0 Å². The summed E-state index contributed by atoms with van der Waals surface area (Å²) in [7, 11) is 0. The Kier molecular flexibility index (Phi) is 5.81. The van der Waals surface area contributed by atoms with Crippen molar-refractivity contribution in [2.75, 3.05) is 16.8 Å². The lowest BCUT2D eigenvalue weighted by Gasteiger charge is -2.14. The van der Waals surface area contributed by atoms with Crippen molar-refractivity contribution in [3.63, 3.8) is 0 Å². The van der Waals surface area contributed by atoms with Gasteiger partial charge in [0.25, 0.3) is 0 Å². The second kappa shape index (κ2) is 7.19. The fraction of sp³-hybridized carbons (Fsp3) is 0.462. The molecular formula is C13H18N2S. The Balaban J connectivity index is 2.51. The van der Waals surface area contributed by atoms with E-state index in [4.69, 9.17) is 5.26 Å². The molecule has 0 aliphatic heterocycles. The van der Waals surface area contributed by atoms with Gasteiger partial charge in [-0.25, -0.2) is 0 Å². The zero-order valence-corrected chi connectivity index (χ0v) is 10.7. The van der Waals surface area contributed by atoms with E-state index in [0.717, 1.165) is 23.6 Å². The number of hydrogen-bond donors (Lipinski definition) is 1. The number of thioether (sulfide) groups is 1. The van der Waals surface area contributed by atoms with Gasteiger partial charge in [0.05, 0.1) is 6.07 Å². The summed E-state index contributed by atoms with van der Waals surface area (Å²) in [6.45, 7) is 4.19. The summed E-state index contributed by atoms with van der Waals surface area (Å²) in [5.74, 6) is 2.15. The topological polar surface area (TPSA) is 35.8 Å². The molecule has 0 spiro atoms. The molecule has 1 atom stereocenters. The number of benzene rings is 1. The third-order valence-corrected chi connectivity index (χ3v) is 3.32. The highest BCUT2D eigenvalue weighted by Crippen LogP contribution is 2.16. The van der Waals surface area contributed by atoms with Crippen molar-refractivity contribution in [3.8, 4) is 6.07 Å². The summed E-state index contributed by atoms with van der Waals surface area (Å²) in [6.07, 6.45) is 0.892. The van der Waals surface area contributed by atoms with Crippen molar-refractivity contribution < 1.29 is 0 Å². The predicted molar refractivity (Wildman–Crippen MR) is 71.8 cm³/mol. The minimum absolute atomic E-state index is 0.0832. The van der Waals surface area contributed by atoms with Gasteiger partial charge in [0.1, 0.15) is 6.04 Å². The smallest absolute Gasteiger partial charge is 0.115 e. The maximum absolute atomic E-state index is 9.06.